The first-order valence-corrected chi connectivity index (χ1v) is 8.38. The van der Waals surface area contributed by atoms with Gasteiger partial charge in [-0.2, -0.15) is 0 Å². The molecule has 3 rings (SSSR count). The molecule has 0 atom stereocenters. The van der Waals surface area contributed by atoms with Crippen molar-refractivity contribution in [2.24, 2.45) is 0 Å². The summed E-state index contributed by atoms with van der Waals surface area (Å²) in [7, 11) is 1.57. The van der Waals surface area contributed by atoms with Crippen LogP contribution in [-0.4, -0.2) is 18.0 Å². The topological polar surface area (TPSA) is 63.2 Å². The molecule has 6 heteroatoms. The number of hydrogen-bond acceptors (Lipinski definition) is 4. The lowest BCUT2D eigenvalue weighted by molar-refractivity contribution is 0.102. The van der Waals surface area contributed by atoms with Gasteiger partial charge in [0.25, 0.3) is 5.91 Å². The van der Waals surface area contributed by atoms with E-state index in [1.165, 1.54) is 0 Å². The number of rotatable bonds is 5. The van der Waals surface area contributed by atoms with E-state index in [1.54, 1.807) is 37.6 Å². The van der Waals surface area contributed by atoms with Crippen molar-refractivity contribution in [1.29, 1.82) is 0 Å². The molecule has 0 aliphatic carbocycles. The summed E-state index contributed by atoms with van der Waals surface area (Å²) in [5, 5.41) is 6.04. The van der Waals surface area contributed by atoms with Crippen LogP contribution in [0.5, 0.6) is 5.75 Å². The fourth-order valence-corrected chi connectivity index (χ4v) is 2.67. The van der Waals surface area contributed by atoms with Crippen LogP contribution in [0.2, 0.25) is 0 Å². The molecule has 126 valence electrons. The van der Waals surface area contributed by atoms with Crippen LogP contribution in [0.25, 0.3) is 0 Å². The number of nitrogens with zero attached hydrogens (tertiary/aromatic N) is 1. The molecular weight excluding hydrogens is 382 g/mol. The molecule has 0 aliphatic rings. The molecule has 2 N–H and O–H groups in total. The summed E-state index contributed by atoms with van der Waals surface area (Å²) in [5.41, 5.74) is 1.99. The normalized spacial score (nSPS) is 10.2. The van der Waals surface area contributed by atoms with Gasteiger partial charge in [0.1, 0.15) is 11.6 Å². The van der Waals surface area contributed by atoms with Crippen molar-refractivity contribution < 1.29 is 9.53 Å². The zero-order valence-electron chi connectivity index (χ0n) is 13.5. The number of carbonyl (C=O) groups excluding carboxylic acids is 1. The van der Waals surface area contributed by atoms with Crippen LogP contribution in [0.1, 0.15) is 10.4 Å². The van der Waals surface area contributed by atoms with Gasteiger partial charge in [0, 0.05) is 16.2 Å². The number of halogens is 1. The molecule has 0 spiro atoms. The third-order valence-corrected chi connectivity index (χ3v) is 4.21. The summed E-state index contributed by atoms with van der Waals surface area (Å²) >= 11 is 3.48. The highest BCUT2D eigenvalue weighted by atomic mass is 79.9. The van der Waals surface area contributed by atoms with Gasteiger partial charge in [-0.15, -0.1) is 0 Å². The highest BCUT2D eigenvalue weighted by Crippen LogP contribution is 2.26. The first-order chi connectivity index (χ1) is 12.2. The number of hydrogen-bond donors (Lipinski definition) is 2. The Morgan fingerprint density at radius 3 is 2.52 bits per heavy atom. The van der Waals surface area contributed by atoms with E-state index in [4.69, 9.17) is 4.74 Å². The van der Waals surface area contributed by atoms with E-state index < -0.39 is 0 Å². The van der Waals surface area contributed by atoms with Crippen LogP contribution in [0.3, 0.4) is 0 Å². The molecule has 1 aromatic heterocycles. The molecule has 0 aliphatic heterocycles. The fourth-order valence-electron chi connectivity index (χ4n) is 2.28. The molecule has 0 radical (unpaired) electrons. The summed E-state index contributed by atoms with van der Waals surface area (Å²) < 4.78 is 6.17. The van der Waals surface area contributed by atoms with Gasteiger partial charge in [0.05, 0.1) is 18.5 Å². The van der Waals surface area contributed by atoms with E-state index in [9.17, 15) is 4.79 Å². The summed E-state index contributed by atoms with van der Waals surface area (Å²) in [6.45, 7) is 0. The van der Waals surface area contributed by atoms with Gasteiger partial charge in [-0.3, -0.25) is 4.79 Å². The Kier molecular flexibility index (Phi) is 5.30. The predicted molar refractivity (Wildman–Crippen MR) is 103 cm³/mol. The minimum atomic E-state index is -0.234. The number of methoxy groups -OCH3 is 1. The fraction of sp³-hybridized carbons (Fsp3) is 0.0526. The Hall–Kier alpha value is -2.86. The number of carbonyl (C=O) groups is 1. The first kappa shape index (κ1) is 17.0. The second-order valence-corrected chi connectivity index (χ2v) is 6.04. The van der Waals surface area contributed by atoms with Crippen molar-refractivity contribution >= 4 is 39.0 Å². The van der Waals surface area contributed by atoms with Crippen molar-refractivity contribution in [2.45, 2.75) is 0 Å². The molecule has 0 fully saturated rings. The maximum atomic E-state index is 12.5. The summed E-state index contributed by atoms with van der Waals surface area (Å²) in [6, 6.07) is 18.3. The minimum Gasteiger partial charge on any atom is -0.495 e. The Morgan fingerprint density at radius 2 is 1.76 bits per heavy atom. The van der Waals surface area contributed by atoms with Crippen LogP contribution in [0.4, 0.5) is 17.2 Å². The highest BCUT2D eigenvalue weighted by molar-refractivity contribution is 9.10. The van der Waals surface area contributed by atoms with Crippen molar-refractivity contribution in [2.75, 3.05) is 17.7 Å². The largest absolute Gasteiger partial charge is 0.495 e. The van der Waals surface area contributed by atoms with E-state index in [0.717, 1.165) is 10.2 Å². The number of aromatic nitrogens is 1. The number of benzene rings is 2. The van der Waals surface area contributed by atoms with Crippen LogP contribution < -0.4 is 15.4 Å². The number of anilines is 3. The summed E-state index contributed by atoms with van der Waals surface area (Å²) in [6.07, 6.45) is 1.59. The third-order valence-electron chi connectivity index (χ3n) is 3.51. The molecule has 3 aromatic rings. The second kappa shape index (κ2) is 7.81. The second-order valence-electron chi connectivity index (χ2n) is 5.19. The van der Waals surface area contributed by atoms with E-state index in [1.807, 2.05) is 36.4 Å². The average Bonchev–Trinajstić information content (AvgIpc) is 2.64. The van der Waals surface area contributed by atoms with Gasteiger partial charge >= 0.3 is 0 Å². The maximum absolute atomic E-state index is 12.5. The van der Waals surface area contributed by atoms with Crippen molar-refractivity contribution in [3.8, 4) is 5.75 Å². The van der Waals surface area contributed by atoms with Gasteiger partial charge in [0.15, 0.2) is 0 Å². The number of ether oxygens (including phenoxy) is 1. The molecular formula is C19H16BrN3O2. The van der Waals surface area contributed by atoms with E-state index in [2.05, 4.69) is 31.5 Å². The number of pyridine rings is 1. The molecule has 0 saturated heterocycles. The van der Waals surface area contributed by atoms with E-state index >= 15 is 0 Å². The molecule has 5 nitrogen and oxygen atoms in total. The number of nitrogens with one attached hydrogen (secondary N) is 2. The van der Waals surface area contributed by atoms with Gasteiger partial charge in [-0.05, 0) is 52.3 Å². The monoisotopic (exact) mass is 397 g/mol. The van der Waals surface area contributed by atoms with E-state index in [-0.39, 0.29) is 5.91 Å². The number of para-hydroxylation sites is 3. The Balaban J connectivity index is 1.79. The van der Waals surface area contributed by atoms with Crippen LogP contribution >= 0.6 is 15.9 Å². The van der Waals surface area contributed by atoms with Crippen molar-refractivity contribution in [3.05, 3.63) is 76.9 Å². The Morgan fingerprint density at radius 1 is 1.04 bits per heavy atom. The molecule has 0 unspecified atom stereocenters. The summed E-state index contributed by atoms with van der Waals surface area (Å²) in [5.74, 6) is 0.957. The predicted octanol–water partition coefficient (Wildman–Crippen LogP) is 4.85. The quantitative estimate of drug-likeness (QED) is 0.645. The van der Waals surface area contributed by atoms with Gasteiger partial charge in [0.2, 0.25) is 0 Å². The molecule has 2 aromatic carbocycles. The lowest BCUT2D eigenvalue weighted by Crippen LogP contribution is -2.13. The standard InChI is InChI=1S/C19H16BrN3O2/c1-25-17-9-5-4-8-16(17)23-19(24)13-10-11-21-18(12-13)22-15-7-3-2-6-14(15)20/h2-12H,1H3,(H,21,22)(H,23,24). The molecule has 0 bridgehead atoms. The highest BCUT2D eigenvalue weighted by Gasteiger charge is 2.11. The Labute approximate surface area is 154 Å². The zero-order valence-corrected chi connectivity index (χ0v) is 15.1. The smallest absolute Gasteiger partial charge is 0.255 e. The lowest BCUT2D eigenvalue weighted by Gasteiger charge is -2.11. The van der Waals surface area contributed by atoms with Crippen LogP contribution in [0, 0.1) is 0 Å². The lowest BCUT2D eigenvalue weighted by atomic mass is 10.2. The molecule has 0 saturated carbocycles. The minimum absolute atomic E-state index is 0.234. The molecule has 25 heavy (non-hydrogen) atoms. The Bertz CT molecular complexity index is 899. The van der Waals surface area contributed by atoms with Crippen molar-refractivity contribution in [3.63, 3.8) is 0 Å². The van der Waals surface area contributed by atoms with Crippen LogP contribution in [0.15, 0.2) is 71.3 Å². The molecule has 1 heterocycles. The van der Waals surface area contributed by atoms with Gasteiger partial charge < -0.3 is 15.4 Å². The van der Waals surface area contributed by atoms with Crippen molar-refractivity contribution in [1.82, 2.24) is 4.98 Å². The zero-order chi connectivity index (χ0) is 17.6. The number of amides is 1. The molecule has 1 amide bonds. The van der Waals surface area contributed by atoms with Gasteiger partial charge in [-0.25, -0.2) is 4.98 Å². The maximum Gasteiger partial charge on any atom is 0.255 e. The summed E-state index contributed by atoms with van der Waals surface area (Å²) in [4.78, 5) is 16.8. The SMILES string of the molecule is COc1ccccc1NC(=O)c1ccnc(Nc2ccccc2Br)c1. The van der Waals surface area contributed by atoms with Gasteiger partial charge in [-0.1, -0.05) is 24.3 Å². The average molecular weight is 398 g/mol. The van der Waals surface area contributed by atoms with Crippen LogP contribution in [-0.2, 0) is 0 Å². The third kappa shape index (κ3) is 4.16. The van der Waals surface area contributed by atoms with E-state index in [0.29, 0.717) is 22.8 Å². The first-order valence-electron chi connectivity index (χ1n) is 7.59.